The third-order valence-corrected chi connectivity index (χ3v) is 4.83. The zero-order valence-corrected chi connectivity index (χ0v) is 14.5. The Morgan fingerprint density at radius 1 is 1.15 bits per heavy atom. The van der Waals surface area contributed by atoms with Crippen LogP contribution in [0.25, 0.3) is 6.08 Å². The zero-order valence-electron chi connectivity index (χ0n) is 14.5. The van der Waals surface area contributed by atoms with Crippen LogP contribution in [0.3, 0.4) is 0 Å². The topological polar surface area (TPSA) is 67.9 Å². The number of H-pyrrole nitrogens is 1. The predicted octanol–water partition coefficient (Wildman–Crippen LogP) is 3.54. The van der Waals surface area contributed by atoms with E-state index in [-0.39, 0.29) is 5.41 Å². The van der Waals surface area contributed by atoms with Gasteiger partial charge in [0.1, 0.15) is 0 Å². The SMILES string of the molecule is CCOC(=O)c1n[nH]c2c1C=CC(c1ccccc1)(c1ccncc1)C2. The Labute approximate surface area is 151 Å². The summed E-state index contributed by atoms with van der Waals surface area (Å²) < 4.78 is 5.11. The molecule has 0 amide bonds. The largest absolute Gasteiger partial charge is 0.461 e. The van der Waals surface area contributed by atoms with E-state index >= 15 is 0 Å². The minimum absolute atomic E-state index is 0.329. The Morgan fingerprint density at radius 2 is 1.88 bits per heavy atom. The van der Waals surface area contributed by atoms with E-state index in [2.05, 4.69) is 33.4 Å². The predicted molar refractivity (Wildman–Crippen MR) is 98.7 cm³/mol. The lowest BCUT2D eigenvalue weighted by atomic mass is 9.68. The second-order valence-corrected chi connectivity index (χ2v) is 6.27. The molecule has 3 aromatic rings. The van der Waals surface area contributed by atoms with Gasteiger partial charge in [-0.05, 0) is 30.2 Å². The first-order valence-electron chi connectivity index (χ1n) is 8.64. The molecule has 5 nitrogen and oxygen atoms in total. The molecule has 2 heterocycles. The highest BCUT2D eigenvalue weighted by Gasteiger charge is 2.37. The number of rotatable bonds is 4. The summed E-state index contributed by atoms with van der Waals surface area (Å²) in [7, 11) is 0. The number of nitrogens with one attached hydrogen (secondary N) is 1. The van der Waals surface area contributed by atoms with Crippen LogP contribution in [0.15, 0.2) is 60.9 Å². The van der Waals surface area contributed by atoms with Gasteiger partial charge in [0, 0.05) is 35.5 Å². The summed E-state index contributed by atoms with van der Waals surface area (Å²) >= 11 is 0. The van der Waals surface area contributed by atoms with Crippen molar-refractivity contribution in [3.8, 4) is 0 Å². The highest BCUT2D eigenvalue weighted by molar-refractivity contribution is 5.92. The summed E-state index contributed by atoms with van der Waals surface area (Å²) in [5, 5.41) is 7.25. The first-order valence-corrected chi connectivity index (χ1v) is 8.64. The van der Waals surface area contributed by atoms with Gasteiger partial charge in [-0.25, -0.2) is 4.79 Å². The smallest absolute Gasteiger partial charge is 0.359 e. The Morgan fingerprint density at radius 3 is 2.62 bits per heavy atom. The number of esters is 1. The molecule has 5 heteroatoms. The number of nitrogens with zero attached hydrogens (tertiary/aromatic N) is 2. The van der Waals surface area contributed by atoms with Crippen LogP contribution < -0.4 is 0 Å². The van der Waals surface area contributed by atoms with Gasteiger partial charge in [0.25, 0.3) is 0 Å². The van der Waals surface area contributed by atoms with Crippen molar-refractivity contribution < 1.29 is 9.53 Å². The molecule has 1 aliphatic carbocycles. The number of carbonyl (C=O) groups is 1. The van der Waals surface area contributed by atoms with Crippen LogP contribution in [0.1, 0.15) is 39.8 Å². The second kappa shape index (κ2) is 6.59. The van der Waals surface area contributed by atoms with Crippen molar-refractivity contribution in [3.05, 3.63) is 89.0 Å². The number of benzene rings is 1. The minimum atomic E-state index is -0.397. The summed E-state index contributed by atoms with van der Waals surface area (Å²) in [6.07, 6.45) is 8.42. The Kier molecular flexibility index (Phi) is 4.13. The van der Waals surface area contributed by atoms with Gasteiger partial charge in [-0.1, -0.05) is 42.5 Å². The van der Waals surface area contributed by atoms with Crippen molar-refractivity contribution in [2.24, 2.45) is 0 Å². The van der Waals surface area contributed by atoms with Gasteiger partial charge in [0.05, 0.1) is 6.61 Å². The molecular formula is C21H19N3O2. The van der Waals surface area contributed by atoms with Crippen LogP contribution in [0.4, 0.5) is 0 Å². The number of pyridine rings is 1. The molecule has 1 unspecified atom stereocenters. The summed E-state index contributed by atoms with van der Waals surface area (Å²) in [4.78, 5) is 16.3. The van der Waals surface area contributed by atoms with E-state index in [1.165, 1.54) is 5.56 Å². The summed E-state index contributed by atoms with van der Waals surface area (Å²) in [6, 6.07) is 14.4. The molecular weight excluding hydrogens is 326 g/mol. The maximum atomic E-state index is 12.1. The fourth-order valence-corrected chi connectivity index (χ4v) is 3.57. The maximum Gasteiger partial charge on any atom is 0.359 e. The monoisotopic (exact) mass is 345 g/mol. The molecule has 2 aromatic heterocycles. The average Bonchev–Trinajstić information content (AvgIpc) is 3.12. The number of aromatic nitrogens is 3. The highest BCUT2D eigenvalue weighted by Crippen LogP contribution is 2.41. The van der Waals surface area contributed by atoms with Gasteiger partial charge in [0.2, 0.25) is 0 Å². The molecule has 4 rings (SSSR count). The molecule has 0 spiro atoms. The molecule has 0 aliphatic heterocycles. The Balaban J connectivity index is 1.83. The molecule has 0 saturated carbocycles. The molecule has 1 aromatic carbocycles. The molecule has 26 heavy (non-hydrogen) atoms. The lowest BCUT2D eigenvalue weighted by Gasteiger charge is -2.34. The van der Waals surface area contributed by atoms with Gasteiger partial charge in [0.15, 0.2) is 5.69 Å². The van der Waals surface area contributed by atoms with Crippen molar-refractivity contribution in [2.45, 2.75) is 18.8 Å². The van der Waals surface area contributed by atoms with E-state index < -0.39 is 5.97 Å². The fourth-order valence-electron chi connectivity index (χ4n) is 3.57. The first-order chi connectivity index (χ1) is 12.7. The Bertz CT molecular complexity index is 906. The van der Waals surface area contributed by atoms with Gasteiger partial charge < -0.3 is 4.74 Å². The number of allylic oxidation sites excluding steroid dienone is 1. The van der Waals surface area contributed by atoms with Gasteiger partial charge in [-0.3, -0.25) is 10.1 Å². The quantitative estimate of drug-likeness (QED) is 0.735. The normalized spacial score (nSPS) is 18.3. The van der Waals surface area contributed by atoms with E-state index in [1.807, 2.05) is 36.4 Å². The molecule has 0 bridgehead atoms. The number of carbonyl (C=O) groups excluding carboxylic acids is 1. The molecule has 130 valence electrons. The van der Waals surface area contributed by atoms with Crippen molar-refractivity contribution in [2.75, 3.05) is 6.61 Å². The zero-order chi connectivity index (χ0) is 18.0. The van der Waals surface area contributed by atoms with E-state index in [0.29, 0.717) is 18.7 Å². The number of ether oxygens (including phenoxy) is 1. The molecule has 0 saturated heterocycles. The van der Waals surface area contributed by atoms with E-state index in [4.69, 9.17) is 4.74 Å². The summed E-state index contributed by atoms with van der Waals surface area (Å²) in [5.74, 6) is -0.397. The number of fused-ring (bicyclic) bond motifs is 1. The van der Waals surface area contributed by atoms with E-state index in [9.17, 15) is 4.79 Å². The number of hydrogen-bond acceptors (Lipinski definition) is 4. The summed E-state index contributed by atoms with van der Waals surface area (Å²) in [6.45, 7) is 2.12. The first kappa shape index (κ1) is 16.3. The van der Waals surface area contributed by atoms with Crippen LogP contribution in [0.5, 0.6) is 0 Å². The fraction of sp³-hybridized carbons (Fsp3) is 0.190. The average molecular weight is 345 g/mol. The van der Waals surface area contributed by atoms with Crippen molar-refractivity contribution in [1.82, 2.24) is 15.2 Å². The van der Waals surface area contributed by atoms with Crippen LogP contribution in [-0.2, 0) is 16.6 Å². The van der Waals surface area contributed by atoms with Crippen LogP contribution in [0.2, 0.25) is 0 Å². The van der Waals surface area contributed by atoms with Crippen LogP contribution >= 0.6 is 0 Å². The third-order valence-electron chi connectivity index (χ3n) is 4.83. The van der Waals surface area contributed by atoms with E-state index in [1.54, 1.807) is 19.3 Å². The van der Waals surface area contributed by atoms with Crippen molar-refractivity contribution in [3.63, 3.8) is 0 Å². The number of hydrogen-bond donors (Lipinski definition) is 1. The highest BCUT2D eigenvalue weighted by atomic mass is 16.5. The van der Waals surface area contributed by atoms with Gasteiger partial charge >= 0.3 is 5.97 Å². The summed E-state index contributed by atoms with van der Waals surface area (Å²) in [5.41, 5.74) is 4.07. The second-order valence-electron chi connectivity index (χ2n) is 6.27. The Hall–Kier alpha value is -3.21. The molecule has 0 radical (unpaired) electrons. The lowest BCUT2D eigenvalue weighted by Crippen LogP contribution is -2.30. The van der Waals surface area contributed by atoms with Crippen molar-refractivity contribution >= 4 is 12.0 Å². The standard InChI is InChI=1S/C21H19N3O2/c1-2-26-20(25)19-17-8-11-21(14-18(17)23-24-19,15-6-4-3-5-7-15)16-9-12-22-13-10-16/h3-13H,2,14H2,1H3,(H,23,24). The van der Waals surface area contributed by atoms with Gasteiger partial charge in [-0.15, -0.1) is 0 Å². The third kappa shape index (κ3) is 2.62. The van der Waals surface area contributed by atoms with E-state index in [0.717, 1.165) is 16.8 Å². The lowest BCUT2D eigenvalue weighted by molar-refractivity contribution is 0.0519. The maximum absolute atomic E-state index is 12.1. The molecule has 1 N–H and O–H groups in total. The van der Waals surface area contributed by atoms with Crippen LogP contribution in [0, 0.1) is 0 Å². The van der Waals surface area contributed by atoms with Crippen LogP contribution in [-0.4, -0.2) is 27.8 Å². The number of aromatic amines is 1. The minimum Gasteiger partial charge on any atom is -0.461 e. The molecule has 1 atom stereocenters. The molecule has 1 aliphatic rings. The van der Waals surface area contributed by atoms with Crippen molar-refractivity contribution in [1.29, 1.82) is 0 Å². The molecule has 0 fully saturated rings. The van der Waals surface area contributed by atoms with Gasteiger partial charge in [-0.2, -0.15) is 5.10 Å².